The van der Waals surface area contributed by atoms with Gasteiger partial charge in [-0.05, 0) is 44.5 Å². The zero-order chi connectivity index (χ0) is 24.9. The average molecular weight is 479 g/mol. The lowest BCUT2D eigenvalue weighted by Crippen LogP contribution is -2.40. The first-order valence-electron chi connectivity index (χ1n) is 11.2. The first-order chi connectivity index (χ1) is 16.8. The van der Waals surface area contributed by atoms with Crippen molar-refractivity contribution in [1.82, 2.24) is 29.8 Å². The second kappa shape index (κ2) is 10.3. The summed E-state index contributed by atoms with van der Waals surface area (Å²) in [5.74, 6) is 0.862. The summed E-state index contributed by atoms with van der Waals surface area (Å²) in [4.78, 5) is 41.8. The fraction of sp³-hybridized carbons (Fsp3) is 0.333. The number of aromatic nitrogens is 5. The number of hydrogen-bond donors (Lipinski definition) is 1. The van der Waals surface area contributed by atoms with Crippen molar-refractivity contribution in [1.29, 1.82) is 0 Å². The summed E-state index contributed by atoms with van der Waals surface area (Å²) in [5.41, 5.74) is 0.154. The van der Waals surface area contributed by atoms with Crippen LogP contribution in [0.15, 0.2) is 61.2 Å². The summed E-state index contributed by atoms with van der Waals surface area (Å²) in [6, 6.07) is 10.8. The van der Waals surface area contributed by atoms with Crippen LogP contribution in [0.5, 0.6) is 0 Å². The molecule has 3 heterocycles. The second-order valence-electron chi connectivity index (χ2n) is 8.34. The maximum atomic E-state index is 12.7. The van der Waals surface area contributed by atoms with Crippen molar-refractivity contribution in [2.75, 3.05) is 0 Å². The van der Waals surface area contributed by atoms with E-state index in [1.54, 1.807) is 18.4 Å². The van der Waals surface area contributed by atoms with E-state index in [0.717, 1.165) is 33.4 Å². The van der Waals surface area contributed by atoms with Crippen LogP contribution in [0.3, 0.4) is 0 Å². The first-order valence-corrected chi connectivity index (χ1v) is 11.2. The van der Waals surface area contributed by atoms with Crippen molar-refractivity contribution in [2.24, 2.45) is 7.05 Å². The molecule has 1 atom stereocenters. The lowest BCUT2D eigenvalue weighted by molar-refractivity contribution is -0.121. The second-order valence-corrected chi connectivity index (χ2v) is 8.34. The molecule has 0 radical (unpaired) electrons. The van der Waals surface area contributed by atoms with E-state index < -0.39 is 11.2 Å². The Morgan fingerprint density at radius 3 is 2.63 bits per heavy atom. The van der Waals surface area contributed by atoms with Crippen LogP contribution in [0.25, 0.3) is 17.2 Å². The molecule has 182 valence electrons. The van der Waals surface area contributed by atoms with E-state index in [-0.39, 0.29) is 42.2 Å². The number of carbonyl (C=O) groups excluding carboxylic acids is 1. The van der Waals surface area contributed by atoms with E-state index in [4.69, 9.17) is 8.94 Å². The monoisotopic (exact) mass is 478 g/mol. The summed E-state index contributed by atoms with van der Waals surface area (Å²) in [5, 5.41) is 11.0. The van der Waals surface area contributed by atoms with Crippen LogP contribution in [0.2, 0.25) is 0 Å². The molecule has 1 aromatic carbocycles. The van der Waals surface area contributed by atoms with Crippen LogP contribution >= 0.6 is 0 Å². The van der Waals surface area contributed by atoms with E-state index in [9.17, 15) is 14.4 Å². The highest BCUT2D eigenvalue weighted by Crippen LogP contribution is 2.12. The topological polar surface area (TPSA) is 138 Å². The number of nitrogens with one attached hydrogen (secondary N) is 1. The van der Waals surface area contributed by atoms with Crippen LogP contribution in [0.1, 0.15) is 37.0 Å². The summed E-state index contributed by atoms with van der Waals surface area (Å²) >= 11 is 0. The normalized spacial score (nSPS) is 12.0. The van der Waals surface area contributed by atoms with Gasteiger partial charge in [0, 0.05) is 32.4 Å². The highest BCUT2D eigenvalue weighted by atomic mass is 16.5. The fourth-order valence-corrected chi connectivity index (χ4v) is 3.47. The van der Waals surface area contributed by atoms with Crippen molar-refractivity contribution >= 4 is 5.91 Å². The van der Waals surface area contributed by atoms with Gasteiger partial charge in [0.25, 0.3) is 5.56 Å². The number of aryl methyl sites for hydroxylation is 3. The van der Waals surface area contributed by atoms with Crippen molar-refractivity contribution in [3.63, 3.8) is 0 Å². The maximum Gasteiger partial charge on any atom is 0.351 e. The Hall–Kier alpha value is -4.28. The van der Waals surface area contributed by atoms with Crippen molar-refractivity contribution in [2.45, 2.75) is 45.6 Å². The molecule has 0 saturated heterocycles. The maximum absolute atomic E-state index is 12.7. The number of rotatable bonds is 9. The zero-order valence-corrected chi connectivity index (χ0v) is 19.7. The van der Waals surface area contributed by atoms with Gasteiger partial charge in [0.05, 0.1) is 12.0 Å². The van der Waals surface area contributed by atoms with Gasteiger partial charge in [0.2, 0.25) is 17.6 Å². The standard InChI is InChI=1S/C24H26N6O5/c1-15-6-9-17(10-7-15)30-24(33)29(3)23(32)21(27-30)22-26-20(35-28-22)13-12-19(31)25-16(2)8-11-18-5-4-14-34-18/h4-7,9-10,14,16H,8,11-13H2,1-3H3,(H,25,31)/t16-/m1/s1. The predicted octanol–water partition coefficient (Wildman–Crippen LogP) is 1.95. The van der Waals surface area contributed by atoms with Gasteiger partial charge in [-0.25, -0.2) is 4.79 Å². The van der Waals surface area contributed by atoms with Gasteiger partial charge in [0.1, 0.15) is 5.76 Å². The molecule has 0 aliphatic heterocycles. The van der Waals surface area contributed by atoms with E-state index in [1.807, 2.05) is 38.1 Å². The molecule has 11 heteroatoms. The molecular formula is C24H26N6O5. The van der Waals surface area contributed by atoms with Crippen LogP contribution in [-0.4, -0.2) is 36.4 Å². The lowest BCUT2D eigenvalue weighted by atomic mass is 10.1. The van der Waals surface area contributed by atoms with E-state index >= 15 is 0 Å². The molecule has 35 heavy (non-hydrogen) atoms. The van der Waals surface area contributed by atoms with Gasteiger partial charge in [0.15, 0.2) is 5.69 Å². The van der Waals surface area contributed by atoms with Gasteiger partial charge in [-0.2, -0.15) is 14.8 Å². The molecule has 1 N–H and O–H groups in total. The van der Waals surface area contributed by atoms with Gasteiger partial charge in [-0.1, -0.05) is 22.9 Å². The molecule has 1 amide bonds. The summed E-state index contributed by atoms with van der Waals surface area (Å²) in [6.07, 6.45) is 3.44. The third-order valence-corrected chi connectivity index (χ3v) is 5.51. The van der Waals surface area contributed by atoms with Gasteiger partial charge >= 0.3 is 5.69 Å². The molecule has 0 bridgehead atoms. The number of hydrogen-bond acceptors (Lipinski definition) is 8. The van der Waals surface area contributed by atoms with Crippen LogP contribution in [-0.2, 0) is 24.7 Å². The fourth-order valence-electron chi connectivity index (χ4n) is 3.47. The molecule has 0 spiro atoms. The number of amides is 1. The quantitative estimate of drug-likeness (QED) is 0.385. The molecule has 0 aliphatic carbocycles. The first kappa shape index (κ1) is 23.9. The van der Waals surface area contributed by atoms with Crippen molar-refractivity contribution in [3.05, 3.63) is 80.7 Å². The molecular weight excluding hydrogens is 452 g/mol. The smallest absolute Gasteiger partial charge is 0.351 e. The number of furan rings is 1. The van der Waals surface area contributed by atoms with Crippen LogP contribution in [0, 0.1) is 6.92 Å². The molecule has 4 aromatic rings. The highest BCUT2D eigenvalue weighted by Gasteiger charge is 2.19. The van der Waals surface area contributed by atoms with E-state index in [2.05, 4.69) is 20.6 Å². The summed E-state index contributed by atoms with van der Waals surface area (Å²) in [6.45, 7) is 3.85. The molecule has 0 unspecified atom stereocenters. The summed E-state index contributed by atoms with van der Waals surface area (Å²) < 4.78 is 12.6. The minimum Gasteiger partial charge on any atom is -0.469 e. The van der Waals surface area contributed by atoms with Gasteiger partial charge in [-0.15, -0.1) is 0 Å². The molecule has 0 fully saturated rings. The van der Waals surface area contributed by atoms with E-state index in [0.29, 0.717) is 5.69 Å². The zero-order valence-electron chi connectivity index (χ0n) is 19.7. The summed E-state index contributed by atoms with van der Waals surface area (Å²) in [7, 11) is 1.36. The van der Waals surface area contributed by atoms with Crippen molar-refractivity contribution in [3.8, 4) is 17.2 Å². The van der Waals surface area contributed by atoms with Gasteiger partial charge in [-0.3, -0.25) is 14.2 Å². The Balaban J connectivity index is 1.42. The van der Waals surface area contributed by atoms with Crippen molar-refractivity contribution < 1.29 is 13.7 Å². The average Bonchev–Trinajstić information content (AvgIpc) is 3.53. The SMILES string of the molecule is Cc1ccc(-n2nc(-c3noc(CCC(=O)N[C@H](C)CCc4ccco4)n3)c(=O)n(C)c2=O)cc1. The Labute approximate surface area is 200 Å². The minimum atomic E-state index is -0.645. The Bertz CT molecular complexity index is 1420. The number of nitrogens with zero attached hydrogens (tertiary/aromatic N) is 5. The van der Waals surface area contributed by atoms with E-state index in [1.165, 1.54) is 7.05 Å². The Morgan fingerprint density at radius 2 is 1.91 bits per heavy atom. The molecule has 0 saturated carbocycles. The predicted molar refractivity (Wildman–Crippen MR) is 126 cm³/mol. The molecule has 4 rings (SSSR count). The minimum absolute atomic E-state index is 0.0270. The lowest BCUT2D eigenvalue weighted by Gasteiger charge is -2.12. The number of carbonyl (C=O) groups is 1. The molecule has 3 aromatic heterocycles. The van der Waals surface area contributed by atoms with Gasteiger partial charge < -0.3 is 14.3 Å². The highest BCUT2D eigenvalue weighted by molar-refractivity contribution is 5.76. The Morgan fingerprint density at radius 1 is 1.14 bits per heavy atom. The molecule has 11 nitrogen and oxygen atoms in total. The molecule has 0 aliphatic rings. The number of benzene rings is 1. The Kier molecular flexibility index (Phi) is 7.04. The largest absolute Gasteiger partial charge is 0.469 e. The third kappa shape index (κ3) is 5.62. The van der Waals surface area contributed by atoms with Crippen LogP contribution in [0.4, 0.5) is 0 Å². The van der Waals surface area contributed by atoms with Crippen LogP contribution < -0.4 is 16.6 Å². The third-order valence-electron chi connectivity index (χ3n) is 5.51.